The molecule has 0 spiro atoms. The van der Waals surface area contributed by atoms with Crippen LogP contribution in [0.2, 0.25) is 0 Å². The second-order valence-corrected chi connectivity index (χ2v) is 6.08. The minimum Gasteiger partial charge on any atom is -0.338 e. The van der Waals surface area contributed by atoms with E-state index < -0.39 is 20.7 Å². The zero-order valence-electron chi connectivity index (χ0n) is 9.15. The van der Waals surface area contributed by atoms with E-state index in [1.54, 1.807) is 6.92 Å². The highest BCUT2D eigenvalue weighted by Crippen LogP contribution is 2.22. The van der Waals surface area contributed by atoms with Crippen molar-refractivity contribution in [2.75, 3.05) is 4.72 Å². The Morgan fingerprint density at radius 3 is 2.67 bits per heavy atom. The van der Waals surface area contributed by atoms with Crippen molar-refractivity contribution >= 4 is 31.8 Å². The van der Waals surface area contributed by atoms with Crippen LogP contribution in [0, 0.1) is 12.7 Å². The zero-order chi connectivity index (χ0) is 13.3. The van der Waals surface area contributed by atoms with E-state index in [-0.39, 0.29) is 5.88 Å². The fraction of sp³-hybridized carbons (Fsp3) is 0.100. The van der Waals surface area contributed by atoms with Crippen LogP contribution in [-0.4, -0.2) is 13.6 Å². The Kier molecular flexibility index (Phi) is 3.40. The number of rotatable bonds is 3. The van der Waals surface area contributed by atoms with Gasteiger partial charge in [-0.1, -0.05) is 21.1 Å². The van der Waals surface area contributed by atoms with Gasteiger partial charge >= 0.3 is 0 Å². The Bertz CT molecular complexity index is 684. The van der Waals surface area contributed by atoms with Crippen LogP contribution in [0.1, 0.15) is 5.69 Å². The zero-order valence-corrected chi connectivity index (χ0v) is 11.5. The Morgan fingerprint density at radius 1 is 1.39 bits per heavy atom. The molecule has 18 heavy (non-hydrogen) atoms. The molecule has 0 unspecified atom stereocenters. The van der Waals surface area contributed by atoms with E-state index >= 15 is 0 Å². The standard InChI is InChI=1S/C10H8BrFN2O3S/c1-6-4-10(17-13-6)14-18(15,16)9-3-2-7(11)5-8(9)12/h2-5,14H,1H3. The number of nitrogens with one attached hydrogen (secondary N) is 1. The molecule has 0 aliphatic rings. The van der Waals surface area contributed by atoms with Gasteiger partial charge in [-0.2, -0.15) is 0 Å². The number of aryl methyl sites for hydroxylation is 1. The van der Waals surface area contributed by atoms with Gasteiger partial charge in [-0.05, 0) is 25.1 Å². The van der Waals surface area contributed by atoms with Crippen LogP contribution in [-0.2, 0) is 10.0 Å². The molecule has 8 heteroatoms. The van der Waals surface area contributed by atoms with Gasteiger partial charge in [0, 0.05) is 10.5 Å². The van der Waals surface area contributed by atoms with Crippen molar-refractivity contribution in [3.8, 4) is 0 Å². The summed E-state index contributed by atoms with van der Waals surface area (Å²) in [7, 11) is -4.03. The minimum absolute atomic E-state index is 0.0604. The number of sulfonamides is 1. The van der Waals surface area contributed by atoms with Crippen LogP contribution in [0.15, 0.2) is 38.2 Å². The normalized spacial score (nSPS) is 11.5. The maximum absolute atomic E-state index is 13.6. The maximum atomic E-state index is 13.6. The molecule has 2 rings (SSSR count). The number of hydrogen-bond donors (Lipinski definition) is 1. The number of nitrogens with zero attached hydrogens (tertiary/aromatic N) is 1. The van der Waals surface area contributed by atoms with Crippen LogP contribution in [0.4, 0.5) is 10.3 Å². The Hall–Kier alpha value is -1.41. The molecule has 1 aromatic heterocycles. The van der Waals surface area contributed by atoms with E-state index in [9.17, 15) is 12.8 Å². The summed E-state index contributed by atoms with van der Waals surface area (Å²) in [4.78, 5) is -0.459. The molecule has 0 atom stereocenters. The summed E-state index contributed by atoms with van der Waals surface area (Å²) in [6.45, 7) is 1.64. The number of benzene rings is 1. The second kappa shape index (κ2) is 4.69. The quantitative estimate of drug-likeness (QED) is 0.936. The van der Waals surface area contributed by atoms with Crippen LogP contribution >= 0.6 is 15.9 Å². The van der Waals surface area contributed by atoms with Crippen molar-refractivity contribution in [3.05, 3.63) is 40.2 Å². The Balaban J connectivity index is 2.36. The summed E-state index contributed by atoms with van der Waals surface area (Å²) in [5.74, 6) is -0.914. The van der Waals surface area contributed by atoms with Gasteiger partial charge in [0.2, 0.25) is 5.88 Å². The smallest absolute Gasteiger partial charge is 0.267 e. The highest BCUT2D eigenvalue weighted by atomic mass is 79.9. The topological polar surface area (TPSA) is 72.2 Å². The summed E-state index contributed by atoms with van der Waals surface area (Å²) < 4.78 is 44.6. The molecule has 2 aromatic rings. The lowest BCUT2D eigenvalue weighted by molar-refractivity contribution is 0.430. The van der Waals surface area contributed by atoms with Crippen molar-refractivity contribution in [1.82, 2.24) is 5.16 Å². The molecule has 5 nitrogen and oxygen atoms in total. The molecular formula is C10H8BrFN2O3S. The maximum Gasteiger partial charge on any atom is 0.267 e. The molecule has 0 saturated heterocycles. The van der Waals surface area contributed by atoms with Gasteiger partial charge in [0.05, 0.1) is 5.69 Å². The first kappa shape index (κ1) is 13.0. The van der Waals surface area contributed by atoms with Crippen molar-refractivity contribution in [1.29, 1.82) is 0 Å². The van der Waals surface area contributed by atoms with Crippen LogP contribution in [0.25, 0.3) is 0 Å². The fourth-order valence-corrected chi connectivity index (χ4v) is 2.66. The number of hydrogen-bond acceptors (Lipinski definition) is 4. The SMILES string of the molecule is Cc1cc(NS(=O)(=O)c2ccc(Br)cc2F)on1. The van der Waals surface area contributed by atoms with Gasteiger partial charge in [-0.25, -0.2) is 17.5 Å². The largest absolute Gasteiger partial charge is 0.338 e. The molecule has 0 bridgehead atoms. The molecule has 0 amide bonds. The first-order chi connectivity index (χ1) is 8.38. The third-order valence-corrected chi connectivity index (χ3v) is 3.92. The molecule has 0 aliphatic carbocycles. The minimum atomic E-state index is -4.03. The Labute approximate surface area is 111 Å². The van der Waals surface area contributed by atoms with Crippen LogP contribution in [0.5, 0.6) is 0 Å². The number of halogens is 2. The molecule has 1 aromatic carbocycles. The predicted octanol–water partition coefficient (Wildman–Crippen LogP) is 2.69. The van der Waals surface area contributed by atoms with E-state index in [1.165, 1.54) is 12.1 Å². The third kappa shape index (κ3) is 2.70. The average Bonchev–Trinajstić information content (AvgIpc) is 2.62. The van der Waals surface area contributed by atoms with Gasteiger partial charge in [0.25, 0.3) is 10.0 Å². The van der Waals surface area contributed by atoms with Crippen LogP contribution < -0.4 is 4.72 Å². The van der Waals surface area contributed by atoms with E-state index in [0.29, 0.717) is 10.2 Å². The summed E-state index contributed by atoms with van der Waals surface area (Å²) in [5, 5.41) is 3.53. The molecule has 1 N–H and O–H groups in total. The molecule has 0 radical (unpaired) electrons. The second-order valence-electron chi connectivity index (χ2n) is 3.51. The summed E-state index contributed by atoms with van der Waals surface area (Å²) in [5.41, 5.74) is 0.518. The van der Waals surface area contributed by atoms with E-state index in [2.05, 4.69) is 25.8 Å². The van der Waals surface area contributed by atoms with Crippen molar-refractivity contribution in [3.63, 3.8) is 0 Å². The number of aromatic nitrogens is 1. The lowest BCUT2D eigenvalue weighted by Gasteiger charge is -2.05. The van der Waals surface area contributed by atoms with Crippen molar-refractivity contribution < 1.29 is 17.3 Å². The third-order valence-electron chi connectivity index (χ3n) is 2.05. The van der Waals surface area contributed by atoms with E-state index in [1.807, 2.05) is 0 Å². The lowest BCUT2D eigenvalue weighted by Crippen LogP contribution is -2.14. The van der Waals surface area contributed by atoms with Gasteiger partial charge < -0.3 is 4.52 Å². The molecule has 1 heterocycles. The molecule has 0 saturated carbocycles. The van der Waals surface area contributed by atoms with Gasteiger partial charge in [0.1, 0.15) is 10.7 Å². The first-order valence-corrected chi connectivity index (χ1v) is 7.07. The molecule has 0 fully saturated rings. The average molecular weight is 335 g/mol. The van der Waals surface area contributed by atoms with Gasteiger partial charge in [-0.3, -0.25) is 0 Å². The lowest BCUT2D eigenvalue weighted by atomic mass is 10.3. The summed E-state index contributed by atoms with van der Waals surface area (Å²) >= 11 is 3.05. The van der Waals surface area contributed by atoms with E-state index in [0.717, 1.165) is 12.1 Å². The monoisotopic (exact) mass is 334 g/mol. The highest BCUT2D eigenvalue weighted by molar-refractivity contribution is 9.10. The van der Waals surface area contributed by atoms with E-state index in [4.69, 9.17) is 4.52 Å². The summed E-state index contributed by atoms with van der Waals surface area (Å²) in [6.07, 6.45) is 0. The predicted molar refractivity (Wildman–Crippen MR) is 66.1 cm³/mol. The van der Waals surface area contributed by atoms with Crippen molar-refractivity contribution in [2.45, 2.75) is 11.8 Å². The summed E-state index contributed by atoms with van der Waals surface area (Å²) in [6, 6.07) is 5.06. The van der Waals surface area contributed by atoms with Crippen LogP contribution in [0.3, 0.4) is 0 Å². The first-order valence-electron chi connectivity index (χ1n) is 4.80. The number of anilines is 1. The molecular weight excluding hydrogens is 327 g/mol. The Morgan fingerprint density at radius 2 is 2.11 bits per heavy atom. The fourth-order valence-electron chi connectivity index (χ4n) is 1.29. The van der Waals surface area contributed by atoms with Gasteiger partial charge in [0.15, 0.2) is 0 Å². The van der Waals surface area contributed by atoms with Gasteiger partial charge in [-0.15, -0.1) is 0 Å². The molecule has 0 aliphatic heterocycles. The molecule has 96 valence electrons. The highest BCUT2D eigenvalue weighted by Gasteiger charge is 2.20. The van der Waals surface area contributed by atoms with Crippen molar-refractivity contribution in [2.24, 2.45) is 0 Å².